The summed E-state index contributed by atoms with van der Waals surface area (Å²) in [7, 11) is 1.88. The molecule has 0 aromatic heterocycles. The lowest BCUT2D eigenvalue weighted by atomic mass is 10.0. The number of benzene rings is 1. The molecule has 1 aliphatic rings. The molecule has 3 heteroatoms. The Labute approximate surface area is 85.5 Å². The van der Waals surface area contributed by atoms with Gasteiger partial charge in [-0.05, 0) is 32.0 Å². The number of rotatable bonds is 2. The Bertz CT molecular complexity index is 334. The van der Waals surface area contributed by atoms with Gasteiger partial charge in [0.15, 0.2) is 0 Å². The first-order valence-corrected chi connectivity index (χ1v) is 5.12. The second kappa shape index (κ2) is 3.07. The first-order valence-electron chi connectivity index (χ1n) is 4.32. The topological polar surface area (TPSA) is 12.0 Å². The second-order valence-corrected chi connectivity index (χ2v) is 4.37. The van der Waals surface area contributed by atoms with Gasteiger partial charge in [-0.25, -0.2) is 4.39 Å². The molecule has 0 atom stereocenters. The standard InChI is InChI=1S/C10H11BrFN/c1-13-10(4-5-10)8-3-2-7(11)6-9(8)12/h2-3,6,13H,4-5H2,1H3. The molecular formula is C10H11BrFN. The number of hydrogen-bond donors (Lipinski definition) is 1. The van der Waals surface area contributed by atoms with Gasteiger partial charge in [-0.2, -0.15) is 0 Å². The molecular weight excluding hydrogens is 233 g/mol. The van der Waals surface area contributed by atoms with Crippen molar-refractivity contribution in [3.05, 3.63) is 34.1 Å². The largest absolute Gasteiger partial charge is 0.310 e. The van der Waals surface area contributed by atoms with Gasteiger partial charge < -0.3 is 5.32 Å². The molecule has 0 heterocycles. The van der Waals surface area contributed by atoms with E-state index in [4.69, 9.17) is 0 Å². The highest BCUT2D eigenvalue weighted by Gasteiger charge is 2.44. The summed E-state index contributed by atoms with van der Waals surface area (Å²) in [6.07, 6.45) is 2.06. The van der Waals surface area contributed by atoms with E-state index in [2.05, 4.69) is 21.2 Å². The smallest absolute Gasteiger partial charge is 0.129 e. The molecule has 2 rings (SSSR count). The van der Waals surface area contributed by atoms with Crippen molar-refractivity contribution in [3.63, 3.8) is 0 Å². The van der Waals surface area contributed by atoms with Crippen molar-refractivity contribution in [2.75, 3.05) is 7.05 Å². The maximum Gasteiger partial charge on any atom is 0.129 e. The minimum Gasteiger partial charge on any atom is -0.310 e. The Hall–Kier alpha value is -0.410. The highest BCUT2D eigenvalue weighted by atomic mass is 79.9. The van der Waals surface area contributed by atoms with Gasteiger partial charge >= 0.3 is 0 Å². The molecule has 1 N–H and O–H groups in total. The van der Waals surface area contributed by atoms with Crippen LogP contribution in [0.2, 0.25) is 0 Å². The van der Waals surface area contributed by atoms with Gasteiger partial charge in [0, 0.05) is 15.6 Å². The van der Waals surface area contributed by atoms with Gasteiger partial charge in [-0.15, -0.1) is 0 Å². The fourth-order valence-corrected chi connectivity index (χ4v) is 1.99. The van der Waals surface area contributed by atoms with Crippen LogP contribution < -0.4 is 5.32 Å². The summed E-state index contributed by atoms with van der Waals surface area (Å²) < 4.78 is 14.3. The molecule has 0 amide bonds. The van der Waals surface area contributed by atoms with Crippen LogP contribution in [0.3, 0.4) is 0 Å². The normalized spacial score (nSPS) is 18.7. The minimum absolute atomic E-state index is 0.0786. The Kier molecular flexibility index (Phi) is 2.16. The maximum atomic E-state index is 13.5. The Balaban J connectivity index is 2.41. The number of nitrogens with one attached hydrogen (secondary N) is 1. The quantitative estimate of drug-likeness (QED) is 0.843. The molecule has 1 saturated carbocycles. The van der Waals surface area contributed by atoms with Gasteiger partial charge in [0.25, 0.3) is 0 Å². The fourth-order valence-electron chi connectivity index (χ4n) is 1.66. The molecule has 0 saturated heterocycles. The Morgan fingerprint density at radius 3 is 2.62 bits per heavy atom. The van der Waals surface area contributed by atoms with Crippen molar-refractivity contribution in [3.8, 4) is 0 Å². The van der Waals surface area contributed by atoms with Gasteiger partial charge in [-0.3, -0.25) is 0 Å². The van der Waals surface area contributed by atoms with Gasteiger partial charge in [0.2, 0.25) is 0 Å². The van der Waals surface area contributed by atoms with E-state index in [1.165, 1.54) is 6.07 Å². The van der Waals surface area contributed by atoms with Gasteiger partial charge in [0.05, 0.1) is 0 Å². The third kappa shape index (κ3) is 1.51. The van der Waals surface area contributed by atoms with Crippen LogP contribution in [0.25, 0.3) is 0 Å². The van der Waals surface area contributed by atoms with Crippen LogP contribution in [0.4, 0.5) is 4.39 Å². The van der Waals surface area contributed by atoms with Crippen molar-refractivity contribution in [1.82, 2.24) is 5.32 Å². The SMILES string of the molecule is CNC1(c2ccc(Br)cc2F)CC1. The van der Waals surface area contributed by atoms with E-state index in [-0.39, 0.29) is 11.4 Å². The van der Waals surface area contributed by atoms with E-state index in [1.807, 2.05) is 19.2 Å². The van der Waals surface area contributed by atoms with E-state index >= 15 is 0 Å². The third-order valence-corrected chi connectivity index (χ3v) is 3.17. The molecule has 0 aliphatic heterocycles. The van der Waals surface area contributed by atoms with Crippen LogP contribution in [0.1, 0.15) is 18.4 Å². The summed E-state index contributed by atoms with van der Waals surface area (Å²) in [4.78, 5) is 0. The van der Waals surface area contributed by atoms with E-state index < -0.39 is 0 Å². The van der Waals surface area contributed by atoms with Crippen molar-refractivity contribution in [2.45, 2.75) is 18.4 Å². The lowest BCUT2D eigenvalue weighted by Crippen LogP contribution is -2.25. The molecule has 0 unspecified atom stereocenters. The highest BCUT2D eigenvalue weighted by Crippen LogP contribution is 2.46. The average molecular weight is 244 g/mol. The Morgan fingerprint density at radius 2 is 2.15 bits per heavy atom. The summed E-state index contributed by atoms with van der Waals surface area (Å²) in [6.45, 7) is 0. The van der Waals surface area contributed by atoms with Crippen molar-refractivity contribution in [2.24, 2.45) is 0 Å². The van der Waals surface area contributed by atoms with E-state index in [9.17, 15) is 4.39 Å². The highest BCUT2D eigenvalue weighted by molar-refractivity contribution is 9.10. The molecule has 0 radical (unpaired) electrons. The summed E-state index contributed by atoms with van der Waals surface area (Å²) in [5.41, 5.74) is 0.711. The molecule has 1 aromatic rings. The molecule has 1 aliphatic carbocycles. The summed E-state index contributed by atoms with van der Waals surface area (Å²) >= 11 is 3.24. The summed E-state index contributed by atoms with van der Waals surface area (Å²) in [5.74, 6) is -0.124. The summed E-state index contributed by atoms with van der Waals surface area (Å²) in [5, 5.41) is 3.17. The lowest BCUT2D eigenvalue weighted by molar-refractivity contribution is 0.525. The third-order valence-electron chi connectivity index (χ3n) is 2.68. The monoisotopic (exact) mass is 243 g/mol. The molecule has 13 heavy (non-hydrogen) atoms. The first kappa shape index (κ1) is 9.16. The second-order valence-electron chi connectivity index (χ2n) is 3.46. The summed E-state index contributed by atoms with van der Waals surface area (Å²) in [6, 6.07) is 5.26. The molecule has 1 nitrogen and oxygen atoms in total. The van der Waals surface area contributed by atoms with Gasteiger partial charge in [-0.1, -0.05) is 22.0 Å². The van der Waals surface area contributed by atoms with Crippen LogP contribution in [-0.2, 0) is 5.54 Å². The molecule has 1 fully saturated rings. The van der Waals surface area contributed by atoms with Crippen LogP contribution in [0.5, 0.6) is 0 Å². The zero-order valence-corrected chi connectivity index (χ0v) is 8.99. The van der Waals surface area contributed by atoms with E-state index in [0.29, 0.717) is 0 Å². The first-order chi connectivity index (χ1) is 6.18. The lowest BCUT2D eigenvalue weighted by Gasteiger charge is -2.15. The van der Waals surface area contributed by atoms with Crippen LogP contribution in [0, 0.1) is 5.82 Å². The predicted molar refractivity (Wildman–Crippen MR) is 54.1 cm³/mol. The number of hydrogen-bond acceptors (Lipinski definition) is 1. The van der Waals surface area contributed by atoms with E-state index in [1.54, 1.807) is 0 Å². The molecule has 70 valence electrons. The molecule has 0 bridgehead atoms. The zero-order valence-electron chi connectivity index (χ0n) is 7.40. The van der Waals surface area contributed by atoms with Crippen molar-refractivity contribution in [1.29, 1.82) is 0 Å². The average Bonchev–Trinajstić information content (AvgIpc) is 2.85. The number of halogens is 2. The van der Waals surface area contributed by atoms with E-state index in [0.717, 1.165) is 22.9 Å². The fraction of sp³-hybridized carbons (Fsp3) is 0.400. The van der Waals surface area contributed by atoms with Crippen LogP contribution >= 0.6 is 15.9 Å². The Morgan fingerprint density at radius 1 is 1.46 bits per heavy atom. The zero-order chi connectivity index (χ0) is 9.47. The van der Waals surface area contributed by atoms with Crippen LogP contribution in [-0.4, -0.2) is 7.05 Å². The van der Waals surface area contributed by atoms with Crippen LogP contribution in [0.15, 0.2) is 22.7 Å². The predicted octanol–water partition coefficient (Wildman–Crippen LogP) is 2.80. The molecule has 0 spiro atoms. The van der Waals surface area contributed by atoms with Crippen molar-refractivity contribution >= 4 is 15.9 Å². The maximum absolute atomic E-state index is 13.5. The van der Waals surface area contributed by atoms with Gasteiger partial charge in [0.1, 0.15) is 5.82 Å². The molecule has 1 aromatic carbocycles. The van der Waals surface area contributed by atoms with Crippen molar-refractivity contribution < 1.29 is 4.39 Å². The minimum atomic E-state index is -0.124.